The van der Waals surface area contributed by atoms with E-state index in [2.05, 4.69) is 20.9 Å². The van der Waals surface area contributed by atoms with Crippen molar-refractivity contribution in [3.8, 4) is 0 Å². The molecule has 1 saturated carbocycles. The first kappa shape index (κ1) is 23.7. The monoisotopic (exact) mass is 490 g/mol. The quantitative estimate of drug-likeness (QED) is 0.237. The lowest BCUT2D eigenvalue weighted by Crippen LogP contribution is -2.41. The van der Waals surface area contributed by atoms with Gasteiger partial charge < -0.3 is 16.0 Å². The number of nitrogens with one attached hydrogen (secondary N) is 3. The van der Waals surface area contributed by atoms with Crippen LogP contribution in [0.25, 0.3) is 0 Å². The molecule has 7 heteroatoms. The second kappa shape index (κ2) is 12.9. The summed E-state index contributed by atoms with van der Waals surface area (Å²) in [5.41, 5.74) is 1.50. The molecule has 1 aliphatic carbocycles. The van der Waals surface area contributed by atoms with Crippen LogP contribution in [-0.4, -0.2) is 32.0 Å². The van der Waals surface area contributed by atoms with Crippen LogP contribution in [0.2, 0.25) is 0 Å². The highest BCUT2D eigenvalue weighted by atomic mass is 127. The molecule has 1 fully saturated rings. The average Bonchev–Trinajstić information content (AvgIpc) is 2.64. The lowest BCUT2D eigenvalue weighted by Gasteiger charge is -2.20. The van der Waals surface area contributed by atoms with E-state index in [0.29, 0.717) is 43.5 Å². The van der Waals surface area contributed by atoms with Gasteiger partial charge in [0.05, 0.1) is 0 Å². The summed E-state index contributed by atoms with van der Waals surface area (Å²) in [4.78, 5) is 16.1. The van der Waals surface area contributed by atoms with Crippen LogP contribution in [-0.2, 0) is 11.3 Å². The third-order valence-electron chi connectivity index (χ3n) is 4.86. The lowest BCUT2D eigenvalue weighted by molar-refractivity contribution is -0.122. The molecular formula is C20H32FIN4O. The second-order valence-corrected chi connectivity index (χ2v) is 6.99. The summed E-state index contributed by atoms with van der Waals surface area (Å²) < 4.78 is 13.6. The second-order valence-electron chi connectivity index (χ2n) is 6.99. The molecule has 27 heavy (non-hydrogen) atoms. The molecule has 152 valence electrons. The minimum atomic E-state index is -0.201. The number of hydrogen-bond acceptors (Lipinski definition) is 2. The molecule has 1 aliphatic rings. The molecule has 0 atom stereocenters. The van der Waals surface area contributed by atoms with Crippen LogP contribution in [0.4, 0.5) is 4.39 Å². The molecule has 0 spiro atoms. The van der Waals surface area contributed by atoms with E-state index >= 15 is 0 Å². The molecule has 0 aromatic heterocycles. The maximum Gasteiger partial charge on any atom is 0.220 e. The number of hydrogen-bond donors (Lipinski definition) is 3. The van der Waals surface area contributed by atoms with E-state index in [0.717, 1.165) is 5.56 Å². The number of rotatable bonds is 7. The Bertz CT molecular complexity index is 618. The van der Waals surface area contributed by atoms with Crippen LogP contribution in [0.15, 0.2) is 23.2 Å². The predicted molar refractivity (Wildman–Crippen MR) is 119 cm³/mol. The fraction of sp³-hybridized carbons (Fsp3) is 0.600. The highest BCUT2D eigenvalue weighted by molar-refractivity contribution is 14.0. The van der Waals surface area contributed by atoms with Crippen LogP contribution in [0.1, 0.15) is 49.7 Å². The van der Waals surface area contributed by atoms with Crippen molar-refractivity contribution in [3.63, 3.8) is 0 Å². The molecule has 0 heterocycles. The Morgan fingerprint density at radius 3 is 2.52 bits per heavy atom. The largest absolute Gasteiger partial charge is 0.355 e. The number of carbonyl (C=O) groups excluding carboxylic acids is 1. The van der Waals surface area contributed by atoms with Crippen molar-refractivity contribution in [2.45, 2.75) is 52.0 Å². The molecule has 0 saturated heterocycles. The first-order chi connectivity index (χ1) is 12.6. The zero-order chi connectivity index (χ0) is 18.8. The third kappa shape index (κ3) is 8.90. The van der Waals surface area contributed by atoms with Crippen LogP contribution < -0.4 is 16.0 Å². The van der Waals surface area contributed by atoms with Gasteiger partial charge in [-0.15, -0.1) is 24.0 Å². The smallest absolute Gasteiger partial charge is 0.220 e. The zero-order valence-electron chi connectivity index (χ0n) is 16.3. The maximum absolute atomic E-state index is 13.6. The van der Waals surface area contributed by atoms with Crippen molar-refractivity contribution in [2.24, 2.45) is 10.9 Å². The molecule has 5 nitrogen and oxygen atoms in total. The van der Waals surface area contributed by atoms with Gasteiger partial charge >= 0.3 is 0 Å². The van der Waals surface area contributed by atoms with Crippen molar-refractivity contribution in [3.05, 3.63) is 35.1 Å². The molecule has 1 amide bonds. The summed E-state index contributed by atoms with van der Waals surface area (Å²) in [7, 11) is 1.69. The van der Waals surface area contributed by atoms with Gasteiger partial charge in [0.1, 0.15) is 5.82 Å². The van der Waals surface area contributed by atoms with Crippen molar-refractivity contribution >= 4 is 35.8 Å². The van der Waals surface area contributed by atoms with Crippen molar-refractivity contribution in [1.29, 1.82) is 0 Å². The van der Waals surface area contributed by atoms with Gasteiger partial charge in [-0.25, -0.2) is 4.39 Å². The number of amides is 1. The summed E-state index contributed by atoms with van der Waals surface area (Å²) in [6.45, 7) is 3.39. The molecule has 3 N–H and O–H groups in total. The molecule has 0 radical (unpaired) electrons. The van der Waals surface area contributed by atoms with E-state index in [4.69, 9.17) is 0 Å². The highest BCUT2D eigenvalue weighted by Gasteiger charge is 2.16. The number of aliphatic imine (C=N–C) groups is 1. The van der Waals surface area contributed by atoms with Crippen molar-refractivity contribution in [2.75, 3.05) is 20.1 Å². The van der Waals surface area contributed by atoms with Crippen LogP contribution in [0, 0.1) is 18.7 Å². The van der Waals surface area contributed by atoms with Gasteiger partial charge in [0, 0.05) is 33.1 Å². The number of benzene rings is 1. The average molecular weight is 490 g/mol. The molecule has 1 aromatic rings. The summed E-state index contributed by atoms with van der Waals surface area (Å²) >= 11 is 0. The molecule has 1 aromatic carbocycles. The number of guanidine groups is 1. The van der Waals surface area contributed by atoms with Gasteiger partial charge in [-0.1, -0.05) is 31.4 Å². The third-order valence-corrected chi connectivity index (χ3v) is 4.86. The van der Waals surface area contributed by atoms with Gasteiger partial charge in [-0.3, -0.25) is 9.79 Å². The van der Waals surface area contributed by atoms with E-state index in [9.17, 15) is 9.18 Å². The Morgan fingerprint density at radius 2 is 1.85 bits per heavy atom. The number of carbonyl (C=O) groups is 1. The summed E-state index contributed by atoms with van der Waals surface area (Å²) in [5.74, 6) is 1.12. The van der Waals surface area contributed by atoms with Crippen LogP contribution >= 0.6 is 24.0 Å². The highest BCUT2D eigenvalue weighted by Crippen LogP contribution is 2.25. The molecule has 0 bridgehead atoms. The number of halogens is 2. The van der Waals surface area contributed by atoms with Gasteiger partial charge in [-0.2, -0.15) is 0 Å². The van der Waals surface area contributed by atoms with E-state index < -0.39 is 0 Å². The van der Waals surface area contributed by atoms with E-state index in [1.54, 1.807) is 20.0 Å². The Balaban J connectivity index is 0.00000364. The fourth-order valence-electron chi connectivity index (χ4n) is 3.26. The summed E-state index contributed by atoms with van der Waals surface area (Å²) in [6, 6.07) is 5.19. The Kier molecular flexibility index (Phi) is 11.3. The van der Waals surface area contributed by atoms with Gasteiger partial charge in [0.2, 0.25) is 5.91 Å². The predicted octanol–water partition coefficient (Wildman–Crippen LogP) is 3.50. The van der Waals surface area contributed by atoms with E-state index in [1.807, 2.05) is 6.07 Å². The van der Waals surface area contributed by atoms with Crippen LogP contribution in [0.3, 0.4) is 0 Å². The number of aryl methyl sites for hydroxylation is 1. The first-order valence-electron chi connectivity index (χ1n) is 9.54. The molecule has 0 unspecified atom stereocenters. The Morgan fingerprint density at radius 1 is 1.15 bits per heavy atom. The zero-order valence-corrected chi connectivity index (χ0v) is 18.6. The lowest BCUT2D eigenvalue weighted by atomic mass is 9.87. The van der Waals surface area contributed by atoms with E-state index in [-0.39, 0.29) is 35.7 Å². The fourth-order valence-corrected chi connectivity index (χ4v) is 3.26. The first-order valence-corrected chi connectivity index (χ1v) is 9.54. The van der Waals surface area contributed by atoms with Crippen molar-refractivity contribution < 1.29 is 9.18 Å². The van der Waals surface area contributed by atoms with Crippen molar-refractivity contribution in [1.82, 2.24) is 16.0 Å². The molecule has 0 aliphatic heterocycles. The molecular weight excluding hydrogens is 458 g/mol. The minimum absolute atomic E-state index is 0. The minimum Gasteiger partial charge on any atom is -0.355 e. The topological polar surface area (TPSA) is 65.5 Å². The van der Waals surface area contributed by atoms with Gasteiger partial charge in [0.15, 0.2) is 5.96 Å². The Hall–Kier alpha value is -1.38. The van der Waals surface area contributed by atoms with E-state index in [1.165, 1.54) is 38.2 Å². The van der Waals surface area contributed by atoms with Crippen LogP contribution in [0.5, 0.6) is 0 Å². The van der Waals surface area contributed by atoms with Gasteiger partial charge in [0.25, 0.3) is 0 Å². The molecule has 2 rings (SSSR count). The number of nitrogens with zero attached hydrogens (tertiary/aromatic N) is 1. The SMILES string of the molecule is CN=C(NCCNC(=O)CC1CCCCC1)NCc1ccc(C)c(F)c1.I. The maximum atomic E-state index is 13.6. The Labute approximate surface area is 179 Å². The van der Waals surface area contributed by atoms with Gasteiger partial charge in [-0.05, 0) is 42.9 Å². The summed E-state index contributed by atoms with van der Waals surface area (Å²) in [5, 5.41) is 9.26. The standard InChI is InChI=1S/C20H31FN4O.HI/c1-15-8-9-17(12-18(15)21)14-25-20(22-2)24-11-10-23-19(26)13-16-6-4-3-5-7-16;/h8-9,12,16H,3-7,10-11,13-14H2,1-2H3,(H,23,26)(H2,22,24,25);1H. The summed E-state index contributed by atoms with van der Waals surface area (Å²) in [6.07, 6.45) is 6.83. The normalized spacial score (nSPS) is 15.0.